The van der Waals surface area contributed by atoms with E-state index >= 15 is 0 Å². The number of carbonyl (C=O) groups is 1. The van der Waals surface area contributed by atoms with Crippen LogP contribution in [0.25, 0.3) is 0 Å². The summed E-state index contributed by atoms with van der Waals surface area (Å²) in [6.07, 6.45) is 3.72. The van der Waals surface area contributed by atoms with E-state index < -0.39 is 22.5 Å². The molecule has 2 N–H and O–H groups in total. The van der Waals surface area contributed by atoms with Gasteiger partial charge in [0.2, 0.25) is 0 Å². The molecule has 0 saturated carbocycles. The molecule has 0 fully saturated rings. The van der Waals surface area contributed by atoms with E-state index in [1.165, 1.54) is 26.4 Å². The number of nitrogens with two attached hydrogens (primary N) is 1. The molecule has 88 valence electrons. The lowest BCUT2D eigenvalue weighted by molar-refractivity contribution is -0.598. The Labute approximate surface area is 91.7 Å². The molecular formula is C9H12N2O5. The summed E-state index contributed by atoms with van der Waals surface area (Å²) in [5.41, 5.74) is 3.52. The Balaban J connectivity index is 3.05. The van der Waals surface area contributed by atoms with Crippen molar-refractivity contribution in [3.63, 3.8) is 0 Å². The fraction of sp³-hybridized carbons (Fsp3) is 0.444. The van der Waals surface area contributed by atoms with Gasteiger partial charge in [0.15, 0.2) is 0 Å². The number of methoxy groups -OCH3 is 2. The van der Waals surface area contributed by atoms with E-state index in [0.717, 1.165) is 6.08 Å². The first-order valence-corrected chi connectivity index (χ1v) is 4.42. The molecule has 0 spiro atoms. The summed E-state index contributed by atoms with van der Waals surface area (Å²) >= 11 is 0. The number of carbonyl (C=O) groups excluding carboxylic acids is 1. The molecule has 7 nitrogen and oxygen atoms in total. The number of rotatable bonds is 3. The molecule has 1 rings (SSSR count). The van der Waals surface area contributed by atoms with Crippen molar-refractivity contribution in [1.29, 1.82) is 0 Å². The van der Waals surface area contributed by atoms with Crippen molar-refractivity contribution in [2.45, 2.75) is 5.72 Å². The van der Waals surface area contributed by atoms with Gasteiger partial charge in [0.05, 0.1) is 18.0 Å². The Morgan fingerprint density at radius 1 is 1.62 bits per heavy atom. The van der Waals surface area contributed by atoms with E-state index in [4.69, 9.17) is 10.5 Å². The summed E-state index contributed by atoms with van der Waals surface area (Å²) in [7, 11) is 2.40. The van der Waals surface area contributed by atoms with Gasteiger partial charge in [-0.05, 0) is 6.08 Å². The third-order valence-corrected chi connectivity index (χ3v) is 2.36. The van der Waals surface area contributed by atoms with Crippen LogP contribution >= 0.6 is 0 Å². The van der Waals surface area contributed by atoms with Crippen LogP contribution in [0.4, 0.5) is 0 Å². The Morgan fingerprint density at radius 3 is 2.62 bits per heavy atom. The molecular weight excluding hydrogens is 216 g/mol. The maximum atomic E-state index is 11.2. The van der Waals surface area contributed by atoms with Gasteiger partial charge in [0.25, 0.3) is 0 Å². The first-order valence-electron chi connectivity index (χ1n) is 4.42. The second-order valence-electron chi connectivity index (χ2n) is 3.19. The summed E-state index contributed by atoms with van der Waals surface area (Å²) in [4.78, 5) is 21.4. The average Bonchev–Trinajstić information content (AvgIpc) is 2.27. The molecule has 0 heterocycles. The molecule has 7 heteroatoms. The molecule has 0 aromatic carbocycles. The van der Waals surface area contributed by atoms with Crippen molar-refractivity contribution in [2.75, 3.05) is 14.2 Å². The fourth-order valence-corrected chi connectivity index (χ4v) is 1.41. The fourth-order valence-electron chi connectivity index (χ4n) is 1.41. The van der Waals surface area contributed by atoms with Gasteiger partial charge in [-0.15, -0.1) is 0 Å². The lowest BCUT2D eigenvalue weighted by Gasteiger charge is -2.24. The van der Waals surface area contributed by atoms with Crippen LogP contribution in [0.5, 0.6) is 0 Å². The normalized spacial score (nSPS) is 28.4. The summed E-state index contributed by atoms with van der Waals surface area (Å²) in [5.74, 6) is -1.25. The first-order chi connectivity index (χ1) is 7.47. The minimum absolute atomic E-state index is 0.141. The van der Waals surface area contributed by atoms with Gasteiger partial charge >= 0.3 is 11.7 Å². The van der Waals surface area contributed by atoms with E-state index in [1.54, 1.807) is 0 Å². The third kappa shape index (κ3) is 1.76. The molecule has 0 amide bonds. The number of nitro groups is 1. The topological polar surface area (TPSA) is 105 Å². The van der Waals surface area contributed by atoms with Crippen LogP contribution in [0.15, 0.2) is 23.9 Å². The first kappa shape index (κ1) is 12.2. The standard InChI is InChI=1S/C9H12N2O5/c1-15-8(12)6-3-4-9(16-2,11(13)14)7(10)5-6/h3-6H,10H2,1-2H3. The summed E-state index contributed by atoms with van der Waals surface area (Å²) in [6.45, 7) is 0. The van der Waals surface area contributed by atoms with Gasteiger partial charge in [-0.1, -0.05) is 6.08 Å². The minimum atomic E-state index is -1.88. The van der Waals surface area contributed by atoms with E-state index in [-0.39, 0.29) is 5.70 Å². The Bertz CT molecular complexity index is 376. The highest BCUT2D eigenvalue weighted by Crippen LogP contribution is 2.27. The Kier molecular flexibility index (Phi) is 3.28. The van der Waals surface area contributed by atoms with Crippen LogP contribution in [0, 0.1) is 16.0 Å². The number of hydrogen-bond acceptors (Lipinski definition) is 6. The van der Waals surface area contributed by atoms with Crippen LogP contribution in [0.2, 0.25) is 0 Å². The lowest BCUT2D eigenvalue weighted by atomic mass is 9.95. The minimum Gasteiger partial charge on any atom is -0.468 e. The highest BCUT2D eigenvalue weighted by Gasteiger charge is 2.46. The van der Waals surface area contributed by atoms with Crippen LogP contribution in [-0.4, -0.2) is 30.8 Å². The third-order valence-electron chi connectivity index (χ3n) is 2.36. The number of esters is 1. The van der Waals surface area contributed by atoms with E-state index in [1.807, 2.05) is 0 Å². The number of hydrogen-bond donors (Lipinski definition) is 1. The monoisotopic (exact) mass is 228 g/mol. The zero-order chi connectivity index (χ0) is 12.3. The van der Waals surface area contributed by atoms with Crippen molar-refractivity contribution >= 4 is 5.97 Å². The maximum Gasteiger partial charge on any atom is 0.384 e. The molecule has 0 aromatic rings. The molecule has 0 saturated heterocycles. The summed E-state index contributed by atoms with van der Waals surface area (Å²) in [6, 6.07) is 0. The van der Waals surface area contributed by atoms with Gasteiger partial charge in [-0.3, -0.25) is 14.9 Å². The van der Waals surface area contributed by atoms with E-state index in [0.29, 0.717) is 0 Å². The number of ether oxygens (including phenoxy) is 2. The second-order valence-corrected chi connectivity index (χ2v) is 3.19. The van der Waals surface area contributed by atoms with Crippen molar-refractivity contribution in [3.8, 4) is 0 Å². The van der Waals surface area contributed by atoms with Crippen molar-refractivity contribution in [1.82, 2.24) is 0 Å². The smallest absolute Gasteiger partial charge is 0.384 e. The summed E-state index contributed by atoms with van der Waals surface area (Å²) in [5, 5.41) is 10.9. The predicted octanol–water partition coefficient (Wildman–Crippen LogP) is -0.193. The molecule has 0 radical (unpaired) electrons. The van der Waals surface area contributed by atoms with Crippen LogP contribution in [0.3, 0.4) is 0 Å². The van der Waals surface area contributed by atoms with Gasteiger partial charge < -0.3 is 15.2 Å². The average molecular weight is 228 g/mol. The zero-order valence-electron chi connectivity index (χ0n) is 8.88. The molecule has 2 atom stereocenters. The highest BCUT2D eigenvalue weighted by molar-refractivity contribution is 5.77. The molecule has 16 heavy (non-hydrogen) atoms. The van der Waals surface area contributed by atoms with E-state index in [9.17, 15) is 14.9 Å². The Morgan fingerprint density at radius 2 is 2.25 bits per heavy atom. The molecule has 0 aromatic heterocycles. The van der Waals surface area contributed by atoms with Gasteiger partial charge in [-0.25, -0.2) is 0 Å². The second kappa shape index (κ2) is 4.31. The van der Waals surface area contributed by atoms with Crippen LogP contribution in [0.1, 0.15) is 0 Å². The van der Waals surface area contributed by atoms with E-state index in [2.05, 4.69) is 4.74 Å². The quantitative estimate of drug-likeness (QED) is 0.236. The molecule has 0 bridgehead atoms. The zero-order valence-corrected chi connectivity index (χ0v) is 8.88. The molecule has 1 aliphatic rings. The largest absolute Gasteiger partial charge is 0.468 e. The van der Waals surface area contributed by atoms with Crippen molar-refractivity contribution in [2.24, 2.45) is 11.7 Å². The molecule has 2 unspecified atom stereocenters. The highest BCUT2D eigenvalue weighted by atomic mass is 16.7. The Hall–Kier alpha value is -1.89. The summed E-state index contributed by atoms with van der Waals surface area (Å²) < 4.78 is 9.28. The number of nitrogens with zero attached hydrogens (tertiary/aromatic N) is 1. The lowest BCUT2D eigenvalue weighted by Crippen LogP contribution is -2.45. The SMILES string of the molecule is COC(=O)C1C=CC(OC)([N+](=O)[O-])C(N)=C1. The molecule has 0 aliphatic heterocycles. The maximum absolute atomic E-state index is 11.2. The predicted molar refractivity (Wildman–Crippen MR) is 53.7 cm³/mol. The van der Waals surface area contributed by atoms with Gasteiger partial charge in [0.1, 0.15) is 5.70 Å². The van der Waals surface area contributed by atoms with Gasteiger partial charge in [0, 0.05) is 13.2 Å². The van der Waals surface area contributed by atoms with Crippen LogP contribution < -0.4 is 5.73 Å². The van der Waals surface area contributed by atoms with Crippen LogP contribution in [-0.2, 0) is 14.3 Å². The van der Waals surface area contributed by atoms with Crippen molar-refractivity contribution < 1.29 is 19.2 Å². The van der Waals surface area contributed by atoms with Gasteiger partial charge in [-0.2, -0.15) is 0 Å². The molecule has 1 aliphatic carbocycles. The van der Waals surface area contributed by atoms with Crippen molar-refractivity contribution in [3.05, 3.63) is 34.0 Å².